The van der Waals surface area contributed by atoms with Crippen LogP contribution in [0.5, 0.6) is 0 Å². The van der Waals surface area contributed by atoms with Crippen molar-refractivity contribution in [2.75, 3.05) is 6.26 Å². The molecule has 0 spiro atoms. The maximum atomic E-state index is 14.2. The molecule has 25 heavy (non-hydrogen) atoms. The van der Waals surface area contributed by atoms with Crippen molar-refractivity contribution in [3.8, 4) is 22.4 Å². The van der Waals surface area contributed by atoms with Gasteiger partial charge in [0.2, 0.25) is 0 Å². The molecule has 3 rings (SSSR count). The van der Waals surface area contributed by atoms with Gasteiger partial charge in [0.25, 0.3) is 0 Å². The summed E-state index contributed by atoms with van der Waals surface area (Å²) in [6, 6.07) is 10.7. The second kappa shape index (κ2) is 6.68. The van der Waals surface area contributed by atoms with Gasteiger partial charge in [0.15, 0.2) is 22.3 Å². The predicted molar refractivity (Wildman–Crippen MR) is 93.0 cm³/mol. The Morgan fingerprint density at radius 3 is 2.52 bits per heavy atom. The third-order valence-corrected chi connectivity index (χ3v) is 5.23. The van der Waals surface area contributed by atoms with Gasteiger partial charge in [0.05, 0.1) is 5.56 Å². The van der Waals surface area contributed by atoms with E-state index >= 15 is 0 Å². The number of aromatic nitrogens is 1. The fourth-order valence-electron chi connectivity index (χ4n) is 2.50. The number of sulfone groups is 1. The van der Waals surface area contributed by atoms with Crippen molar-refractivity contribution in [1.29, 1.82) is 0 Å². The van der Waals surface area contributed by atoms with Crippen molar-refractivity contribution in [3.63, 3.8) is 0 Å². The van der Waals surface area contributed by atoms with Crippen LogP contribution in [0.25, 0.3) is 22.4 Å². The van der Waals surface area contributed by atoms with Gasteiger partial charge < -0.3 is 4.52 Å². The molecule has 0 unspecified atom stereocenters. The van der Waals surface area contributed by atoms with Crippen LogP contribution < -0.4 is 0 Å². The molecule has 1 aromatic heterocycles. The first kappa shape index (κ1) is 17.8. The van der Waals surface area contributed by atoms with Gasteiger partial charge in [-0.3, -0.25) is 0 Å². The first-order chi connectivity index (χ1) is 11.8. The highest BCUT2D eigenvalue weighted by molar-refractivity contribution is 9.10. The number of hydrogen-bond donors (Lipinski definition) is 0. The summed E-state index contributed by atoms with van der Waals surface area (Å²) in [7, 11) is -3.70. The van der Waals surface area contributed by atoms with E-state index in [2.05, 4.69) is 21.1 Å². The third kappa shape index (κ3) is 3.50. The van der Waals surface area contributed by atoms with Gasteiger partial charge in [-0.1, -0.05) is 39.3 Å². The summed E-state index contributed by atoms with van der Waals surface area (Å²) in [5, 5.41) is 3.90. The van der Waals surface area contributed by atoms with E-state index in [1.807, 2.05) is 6.07 Å². The Bertz CT molecular complexity index is 1050. The summed E-state index contributed by atoms with van der Waals surface area (Å²) in [6.07, 6.45) is 0.921. The second-order valence-electron chi connectivity index (χ2n) is 5.39. The molecule has 0 radical (unpaired) electrons. The standard InChI is InChI=1S/C17H12BrF2NO3S/c1-25(22,23)15-6-5-10(8-13(15)20)16-14(9-19)24-21-17(16)11-3-2-4-12(18)7-11/h2-8H,9H2,1H3. The van der Waals surface area contributed by atoms with Crippen LogP contribution in [0.3, 0.4) is 0 Å². The maximum absolute atomic E-state index is 14.2. The molecule has 0 saturated carbocycles. The molecule has 1 heterocycles. The van der Waals surface area contributed by atoms with Gasteiger partial charge in [-0.25, -0.2) is 17.2 Å². The van der Waals surface area contributed by atoms with Crippen LogP contribution in [0.2, 0.25) is 0 Å². The van der Waals surface area contributed by atoms with E-state index in [1.54, 1.807) is 18.2 Å². The lowest BCUT2D eigenvalue weighted by Crippen LogP contribution is -2.01. The fraction of sp³-hybridized carbons (Fsp3) is 0.118. The molecular formula is C17H12BrF2NO3S. The fourth-order valence-corrected chi connectivity index (χ4v) is 3.63. The summed E-state index contributed by atoms with van der Waals surface area (Å²) in [4.78, 5) is -0.418. The van der Waals surface area contributed by atoms with Gasteiger partial charge in [-0.05, 0) is 29.8 Å². The van der Waals surface area contributed by atoms with E-state index < -0.39 is 27.2 Å². The molecule has 0 N–H and O–H groups in total. The molecule has 0 bridgehead atoms. The van der Waals surface area contributed by atoms with Gasteiger partial charge in [-0.2, -0.15) is 0 Å². The van der Waals surface area contributed by atoms with Crippen LogP contribution in [0, 0.1) is 5.82 Å². The number of nitrogens with zero attached hydrogens (tertiary/aromatic N) is 1. The number of alkyl halides is 1. The van der Waals surface area contributed by atoms with Crippen molar-refractivity contribution in [3.05, 3.63) is 58.5 Å². The topological polar surface area (TPSA) is 60.2 Å². The van der Waals surface area contributed by atoms with E-state index in [0.717, 1.165) is 22.9 Å². The quantitative estimate of drug-likeness (QED) is 0.600. The monoisotopic (exact) mass is 427 g/mol. The third-order valence-electron chi connectivity index (χ3n) is 3.60. The van der Waals surface area contributed by atoms with Gasteiger partial charge >= 0.3 is 0 Å². The lowest BCUT2D eigenvalue weighted by molar-refractivity contribution is 0.332. The molecular weight excluding hydrogens is 416 g/mol. The number of benzene rings is 2. The van der Waals surface area contributed by atoms with Crippen LogP contribution in [0.1, 0.15) is 5.76 Å². The summed E-state index contributed by atoms with van der Waals surface area (Å²) >= 11 is 3.35. The normalized spacial score (nSPS) is 11.7. The highest BCUT2D eigenvalue weighted by Crippen LogP contribution is 2.36. The van der Waals surface area contributed by atoms with Crippen LogP contribution >= 0.6 is 15.9 Å². The largest absolute Gasteiger partial charge is 0.357 e. The van der Waals surface area contributed by atoms with Gasteiger partial charge in [0.1, 0.15) is 16.4 Å². The van der Waals surface area contributed by atoms with E-state index in [9.17, 15) is 17.2 Å². The second-order valence-corrected chi connectivity index (χ2v) is 8.29. The zero-order valence-electron chi connectivity index (χ0n) is 13.0. The minimum Gasteiger partial charge on any atom is -0.357 e. The number of halogens is 3. The highest BCUT2D eigenvalue weighted by atomic mass is 79.9. The summed E-state index contributed by atoms with van der Waals surface area (Å²) < 4.78 is 56.5. The lowest BCUT2D eigenvalue weighted by Gasteiger charge is -2.07. The summed E-state index contributed by atoms with van der Waals surface area (Å²) in [6.45, 7) is -0.925. The molecule has 0 aliphatic rings. The molecule has 0 fully saturated rings. The maximum Gasteiger partial charge on any atom is 0.178 e. The first-order valence-electron chi connectivity index (χ1n) is 7.11. The minimum absolute atomic E-state index is 0.0542. The van der Waals surface area contributed by atoms with Crippen LogP contribution in [0.15, 0.2) is 56.4 Å². The highest BCUT2D eigenvalue weighted by Gasteiger charge is 2.22. The number of rotatable bonds is 4. The summed E-state index contributed by atoms with van der Waals surface area (Å²) in [5.41, 5.74) is 1.58. The smallest absolute Gasteiger partial charge is 0.178 e. The molecule has 130 valence electrons. The van der Waals surface area contributed by atoms with E-state index in [-0.39, 0.29) is 11.3 Å². The van der Waals surface area contributed by atoms with E-state index in [1.165, 1.54) is 6.07 Å². The SMILES string of the molecule is CS(=O)(=O)c1ccc(-c2c(-c3cccc(Br)c3)noc2CF)cc1F. The summed E-state index contributed by atoms with van der Waals surface area (Å²) in [5.74, 6) is -0.965. The number of hydrogen-bond acceptors (Lipinski definition) is 4. The molecule has 0 amide bonds. The zero-order valence-corrected chi connectivity index (χ0v) is 15.4. The Hall–Kier alpha value is -2.06. The van der Waals surface area contributed by atoms with Crippen LogP contribution in [0.4, 0.5) is 8.78 Å². The molecule has 2 aromatic carbocycles. The van der Waals surface area contributed by atoms with Gasteiger partial charge in [0, 0.05) is 16.3 Å². The predicted octanol–water partition coefficient (Wildman–Crippen LogP) is 4.78. The van der Waals surface area contributed by atoms with Gasteiger partial charge in [-0.15, -0.1) is 0 Å². The average molecular weight is 428 g/mol. The van der Waals surface area contributed by atoms with Crippen molar-refractivity contribution >= 4 is 25.8 Å². The zero-order chi connectivity index (χ0) is 18.2. The van der Waals surface area contributed by atoms with Crippen molar-refractivity contribution < 1.29 is 21.7 Å². The molecule has 0 aliphatic carbocycles. The van der Waals surface area contributed by atoms with E-state index in [0.29, 0.717) is 16.8 Å². The van der Waals surface area contributed by atoms with Crippen molar-refractivity contribution in [2.24, 2.45) is 0 Å². The van der Waals surface area contributed by atoms with Crippen molar-refractivity contribution in [1.82, 2.24) is 5.16 Å². The Morgan fingerprint density at radius 1 is 1.16 bits per heavy atom. The molecule has 8 heteroatoms. The minimum atomic E-state index is -3.70. The Labute approximate surface area is 151 Å². The van der Waals surface area contributed by atoms with E-state index in [4.69, 9.17) is 4.52 Å². The van der Waals surface area contributed by atoms with Crippen molar-refractivity contribution in [2.45, 2.75) is 11.6 Å². The molecule has 0 aliphatic heterocycles. The molecule has 0 atom stereocenters. The molecule has 3 aromatic rings. The van der Waals surface area contributed by atoms with Crippen LogP contribution in [-0.4, -0.2) is 19.8 Å². The Balaban J connectivity index is 2.21. The van der Waals surface area contributed by atoms with Crippen LogP contribution in [-0.2, 0) is 16.5 Å². The first-order valence-corrected chi connectivity index (χ1v) is 9.80. The lowest BCUT2D eigenvalue weighted by atomic mass is 9.99. The Morgan fingerprint density at radius 2 is 1.92 bits per heavy atom. The average Bonchev–Trinajstić information content (AvgIpc) is 2.97. The molecule has 4 nitrogen and oxygen atoms in total. The Kier molecular flexibility index (Phi) is 4.75. The molecule has 0 saturated heterocycles.